The second kappa shape index (κ2) is 6.57. The van der Waals surface area contributed by atoms with Crippen molar-refractivity contribution < 1.29 is 9.53 Å². The van der Waals surface area contributed by atoms with Crippen LogP contribution in [-0.4, -0.2) is 5.78 Å². The summed E-state index contributed by atoms with van der Waals surface area (Å²) in [6.07, 6.45) is 0.478. The molecule has 0 atom stereocenters. The molecule has 2 aromatic rings. The van der Waals surface area contributed by atoms with Gasteiger partial charge in [-0.05, 0) is 42.2 Å². The zero-order chi connectivity index (χ0) is 15.4. The molecule has 0 aliphatic carbocycles. The first-order valence-electron chi connectivity index (χ1n) is 7.43. The number of para-hydroxylation sites is 1. The third-order valence-electron chi connectivity index (χ3n) is 3.61. The van der Waals surface area contributed by atoms with Crippen LogP contribution in [0.15, 0.2) is 42.5 Å². The van der Waals surface area contributed by atoms with Crippen molar-refractivity contribution in [2.24, 2.45) is 0 Å². The predicted molar refractivity (Wildman–Crippen MR) is 86.4 cm³/mol. The van der Waals surface area contributed by atoms with E-state index in [0.29, 0.717) is 23.7 Å². The van der Waals surface area contributed by atoms with E-state index >= 15 is 0 Å². The number of hydrogen-bond donors (Lipinski definition) is 0. The van der Waals surface area contributed by atoms with Gasteiger partial charge in [-0.2, -0.15) is 0 Å². The van der Waals surface area contributed by atoms with Gasteiger partial charge in [0.1, 0.15) is 11.5 Å². The van der Waals surface area contributed by atoms with Gasteiger partial charge in [-0.25, -0.2) is 0 Å². The van der Waals surface area contributed by atoms with Crippen LogP contribution in [0.1, 0.15) is 54.6 Å². The zero-order valence-electron chi connectivity index (χ0n) is 13.1. The van der Waals surface area contributed by atoms with E-state index in [0.717, 1.165) is 11.3 Å². The molecule has 0 aliphatic heterocycles. The molecule has 21 heavy (non-hydrogen) atoms. The lowest BCUT2D eigenvalue weighted by Crippen LogP contribution is -2.01. The van der Waals surface area contributed by atoms with Crippen molar-refractivity contribution in [2.45, 2.75) is 40.0 Å². The van der Waals surface area contributed by atoms with Crippen molar-refractivity contribution in [3.05, 3.63) is 59.2 Å². The van der Waals surface area contributed by atoms with Gasteiger partial charge < -0.3 is 4.74 Å². The van der Waals surface area contributed by atoms with Gasteiger partial charge in [0.2, 0.25) is 0 Å². The molecule has 0 aliphatic rings. The molecular formula is C19H22O2. The number of ketones is 1. The third kappa shape index (κ3) is 3.52. The lowest BCUT2D eigenvalue weighted by Gasteiger charge is -2.14. The van der Waals surface area contributed by atoms with Crippen LogP contribution >= 0.6 is 0 Å². The minimum absolute atomic E-state index is 0.100. The third-order valence-corrected chi connectivity index (χ3v) is 3.61. The van der Waals surface area contributed by atoms with E-state index < -0.39 is 0 Å². The number of carbonyl (C=O) groups excluding carboxylic acids is 1. The zero-order valence-corrected chi connectivity index (χ0v) is 13.1. The van der Waals surface area contributed by atoms with Gasteiger partial charge in [0, 0.05) is 6.42 Å². The van der Waals surface area contributed by atoms with E-state index in [2.05, 4.69) is 32.0 Å². The van der Waals surface area contributed by atoms with Crippen molar-refractivity contribution in [3.8, 4) is 11.5 Å². The average molecular weight is 282 g/mol. The van der Waals surface area contributed by atoms with Crippen molar-refractivity contribution in [1.82, 2.24) is 0 Å². The fraction of sp³-hybridized carbons (Fsp3) is 0.316. The number of Topliss-reactive ketones (excluding diaryl/α,β-unsaturated/α-hetero) is 1. The molecule has 110 valence electrons. The van der Waals surface area contributed by atoms with E-state index in [9.17, 15) is 4.79 Å². The SMILES string of the molecule is CCC(=O)c1ccccc1Oc1cc(C(C)C)ccc1C. The largest absolute Gasteiger partial charge is 0.456 e. The van der Waals surface area contributed by atoms with Gasteiger partial charge in [-0.3, -0.25) is 4.79 Å². The highest BCUT2D eigenvalue weighted by molar-refractivity contribution is 5.98. The Morgan fingerprint density at radius 2 is 1.81 bits per heavy atom. The first-order valence-corrected chi connectivity index (χ1v) is 7.43. The van der Waals surface area contributed by atoms with E-state index in [1.807, 2.05) is 38.1 Å². The van der Waals surface area contributed by atoms with Gasteiger partial charge in [0.25, 0.3) is 0 Å². The summed E-state index contributed by atoms with van der Waals surface area (Å²) in [6.45, 7) is 8.19. The molecule has 0 amide bonds. The Balaban J connectivity index is 2.39. The van der Waals surface area contributed by atoms with E-state index in [1.165, 1.54) is 5.56 Å². The van der Waals surface area contributed by atoms with E-state index in [4.69, 9.17) is 4.74 Å². The van der Waals surface area contributed by atoms with Crippen LogP contribution in [-0.2, 0) is 0 Å². The second-order valence-electron chi connectivity index (χ2n) is 5.55. The van der Waals surface area contributed by atoms with Crippen LogP contribution in [0, 0.1) is 6.92 Å². The monoisotopic (exact) mass is 282 g/mol. The lowest BCUT2D eigenvalue weighted by atomic mass is 10.0. The van der Waals surface area contributed by atoms with Crippen molar-refractivity contribution >= 4 is 5.78 Å². The van der Waals surface area contributed by atoms with Crippen LogP contribution < -0.4 is 4.74 Å². The Labute approximate surface area is 126 Å². The Morgan fingerprint density at radius 3 is 2.48 bits per heavy atom. The summed E-state index contributed by atoms with van der Waals surface area (Å²) in [4.78, 5) is 12.0. The maximum atomic E-state index is 12.0. The van der Waals surface area contributed by atoms with Gasteiger partial charge in [-0.15, -0.1) is 0 Å². The molecule has 0 saturated heterocycles. The summed E-state index contributed by atoms with van der Waals surface area (Å²) < 4.78 is 6.03. The summed E-state index contributed by atoms with van der Waals surface area (Å²) in [6, 6.07) is 13.7. The Bertz CT molecular complexity index is 642. The summed E-state index contributed by atoms with van der Waals surface area (Å²) in [5, 5.41) is 0. The Morgan fingerprint density at radius 1 is 1.10 bits per heavy atom. The van der Waals surface area contributed by atoms with Crippen molar-refractivity contribution in [2.75, 3.05) is 0 Å². The highest BCUT2D eigenvalue weighted by Gasteiger charge is 2.12. The number of aryl methyl sites for hydroxylation is 1. The molecule has 0 aromatic heterocycles. The molecule has 2 aromatic carbocycles. The summed E-state index contributed by atoms with van der Waals surface area (Å²) in [5.74, 6) is 2.00. The van der Waals surface area contributed by atoms with Crippen LogP contribution in [0.25, 0.3) is 0 Å². The molecule has 0 saturated carbocycles. The molecule has 0 N–H and O–H groups in total. The number of carbonyl (C=O) groups is 1. The van der Waals surface area contributed by atoms with E-state index in [1.54, 1.807) is 0 Å². The normalized spacial score (nSPS) is 10.7. The molecule has 0 bridgehead atoms. The highest BCUT2D eigenvalue weighted by atomic mass is 16.5. The lowest BCUT2D eigenvalue weighted by molar-refractivity contribution is 0.0986. The summed E-state index contributed by atoms with van der Waals surface area (Å²) in [7, 11) is 0. The maximum Gasteiger partial charge on any atom is 0.166 e. The Hall–Kier alpha value is -2.09. The van der Waals surface area contributed by atoms with Gasteiger partial charge >= 0.3 is 0 Å². The van der Waals surface area contributed by atoms with E-state index in [-0.39, 0.29) is 5.78 Å². The predicted octanol–water partition coefficient (Wildman–Crippen LogP) is 5.50. The first kappa shape index (κ1) is 15.3. The minimum Gasteiger partial charge on any atom is -0.456 e. The van der Waals surface area contributed by atoms with Crippen LogP contribution in [0.4, 0.5) is 0 Å². The summed E-state index contributed by atoms with van der Waals surface area (Å²) >= 11 is 0. The van der Waals surface area contributed by atoms with Gasteiger partial charge in [0.15, 0.2) is 5.78 Å². The molecule has 0 unspecified atom stereocenters. The van der Waals surface area contributed by atoms with Gasteiger partial charge in [0.05, 0.1) is 5.56 Å². The minimum atomic E-state index is 0.100. The molecular weight excluding hydrogens is 260 g/mol. The number of hydrogen-bond acceptors (Lipinski definition) is 2. The number of benzene rings is 2. The van der Waals surface area contributed by atoms with Crippen LogP contribution in [0.3, 0.4) is 0 Å². The molecule has 2 rings (SSSR count). The van der Waals surface area contributed by atoms with Crippen LogP contribution in [0.5, 0.6) is 11.5 Å². The average Bonchev–Trinajstić information content (AvgIpc) is 2.49. The number of ether oxygens (including phenoxy) is 1. The fourth-order valence-corrected chi connectivity index (χ4v) is 2.18. The van der Waals surface area contributed by atoms with Crippen LogP contribution in [0.2, 0.25) is 0 Å². The highest BCUT2D eigenvalue weighted by Crippen LogP contribution is 2.31. The standard InChI is InChI=1S/C19H22O2/c1-5-17(20)16-8-6-7-9-18(16)21-19-12-15(13(2)3)11-10-14(19)4/h6-13H,5H2,1-4H3. The number of rotatable bonds is 5. The second-order valence-corrected chi connectivity index (χ2v) is 5.55. The molecule has 2 heteroatoms. The smallest absolute Gasteiger partial charge is 0.166 e. The molecule has 0 heterocycles. The van der Waals surface area contributed by atoms with Gasteiger partial charge in [-0.1, -0.05) is 45.0 Å². The van der Waals surface area contributed by atoms with Crippen molar-refractivity contribution in [3.63, 3.8) is 0 Å². The Kier molecular flexibility index (Phi) is 4.79. The molecule has 2 nitrogen and oxygen atoms in total. The van der Waals surface area contributed by atoms with Crippen molar-refractivity contribution in [1.29, 1.82) is 0 Å². The quantitative estimate of drug-likeness (QED) is 0.676. The molecule has 0 fully saturated rings. The summed E-state index contributed by atoms with van der Waals surface area (Å²) in [5.41, 5.74) is 2.95. The molecule has 0 spiro atoms. The maximum absolute atomic E-state index is 12.0. The fourth-order valence-electron chi connectivity index (χ4n) is 2.18. The topological polar surface area (TPSA) is 26.3 Å². The first-order chi connectivity index (χ1) is 10.0. The molecule has 0 radical (unpaired) electrons.